The Hall–Kier alpha value is -1.92. The first-order valence-corrected chi connectivity index (χ1v) is 9.41. The van der Waals surface area contributed by atoms with Crippen molar-refractivity contribution in [3.8, 4) is 0 Å². The van der Waals surface area contributed by atoms with Crippen molar-refractivity contribution in [3.05, 3.63) is 29.8 Å². The number of carbonyl (C=O) groups is 2. The van der Waals surface area contributed by atoms with Crippen molar-refractivity contribution in [3.63, 3.8) is 0 Å². The van der Waals surface area contributed by atoms with Gasteiger partial charge in [-0.15, -0.1) is 0 Å². The van der Waals surface area contributed by atoms with E-state index in [1.807, 2.05) is 26.0 Å². The Morgan fingerprint density at radius 3 is 2.31 bits per heavy atom. The van der Waals surface area contributed by atoms with E-state index >= 15 is 0 Å². The molecule has 2 amide bonds. The maximum atomic E-state index is 12.6. The van der Waals surface area contributed by atoms with Crippen molar-refractivity contribution in [1.29, 1.82) is 0 Å². The van der Waals surface area contributed by atoms with Crippen LogP contribution in [0.4, 0.5) is 5.69 Å². The van der Waals surface area contributed by atoms with Gasteiger partial charge in [0, 0.05) is 30.9 Å². The first kappa shape index (κ1) is 20.4. The minimum absolute atomic E-state index is 0.0183. The zero-order valence-electron chi connectivity index (χ0n) is 16.5. The first-order chi connectivity index (χ1) is 12.4. The number of carbonyl (C=O) groups excluding carboxylic acids is 2. The number of nitrogens with one attached hydrogen (secondary N) is 1. The normalized spacial score (nSPS) is 15.9. The number of hydrogen-bond acceptors (Lipinski definition) is 4. The SMILES string of the molecule is CC(CCN(C)C(=O)c1ccc(NC(=O)CN(C)C)cc1)N1CCCC1. The van der Waals surface area contributed by atoms with Gasteiger partial charge >= 0.3 is 0 Å². The third-order valence-corrected chi connectivity index (χ3v) is 4.87. The molecule has 6 nitrogen and oxygen atoms in total. The maximum Gasteiger partial charge on any atom is 0.253 e. The lowest BCUT2D eigenvalue weighted by Gasteiger charge is -2.26. The fourth-order valence-electron chi connectivity index (χ4n) is 3.25. The molecule has 0 bridgehead atoms. The van der Waals surface area contributed by atoms with E-state index in [2.05, 4.69) is 17.1 Å². The van der Waals surface area contributed by atoms with Gasteiger partial charge in [0.05, 0.1) is 6.54 Å². The van der Waals surface area contributed by atoms with Crippen LogP contribution in [0.2, 0.25) is 0 Å². The molecule has 144 valence electrons. The molecule has 0 spiro atoms. The summed E-state index contributed by atoms with van der Waals surface area (Å²) in [5.41, 5.74) is 1.35. The summed E-state index contributed by atoms with van der Waals surface area (Å²) in [6, 6.07) is 7.62. The number of hydrogen-bond donors (Lipinski definition) is 1. The molecule has 1 N–H and O–H groups in total. The summed E-state index contributed by atoms with van der Waals surface area (Å²) in [5.74, 6) is -0.0492. The van der Waals surface area contributed by atoms with Gasteiger partial charge in [-0.05, 0) is 77.6 Å². The second kappa shape index (κ2) is 9.69. The lowest BCUT2D eigenvalue weighted by atomic mass is 10.1. The van der Waals surface area contributed by atoms with E-state index < -0.39 is 0 Å². The average molecular weight is 361 g/mol. The molecule has 1 aliphatic heterocycles. The van der Waals surface area contributed by atoms with E-state index in [1.165, 1.54) is 25.9 Å². The second-order valence-electron chi connectivity index (χ2n) is 7.47. The highest BCUT2D eigenvalue weighted by atomic mass is 16.2. The zero-order valence-corrected chi connectivity index (χ0v) is 16.5. The molecule has 1 aliphatic rings. The predicted molar refractivity (Wildman–Crippen MR) is 105 cm³/mol. The third-order valence-electron chi connectivity index (χ3n) is 4.87. The van der Waals surface area contributed by atoms with Crippen LogP contribution in [-0.4, -0.2) is 79.9 Å². The fraction of sp³-hybridized carbons (Fsp3) is 0.600. The Morgan fingerprint density at radius 2 is 1.73 bits per heavy atom. The van der Waals surface area contributed by atoms with Gasteiger partial charge in [-0.25, -0.2) is 0 Å². The van der Waals surface area contributed by atoms with Crippen LogP contribution in [-0.2, 0) is 4.79 Å². The van der Waals surface area contributed by atoms with E-state index in [1.54, 1.807) is 29.2 Å². The molecule has 1 aromatic carbocycles. The Bertz CT molecular complexity index is 594. The Kier molecular flexibility index (Phi) is 7.60. The number of likely N-dealkylation sites (tertiary alicyclic amines) is 1. The van der Waals surface area contributed by atoms with Gasteiger partial charge in [-0.1, -0.05) is 0 Å². The van der Waals surface area contributed by atoms with Crippen LogP contribution in [0.5, 0.6) is 0 Å². The van der Waals surface area contributed by atoms with E-state index in [0.29, 0.717) is 23.8 Å². The summed E-state index contributed by atoms with van der Waals surface area (Å²) in [6.07, 6.45) is 3.56. The molecule has 1 heterocycles. The molecule has 1 aromatic rings. The van der Waals surface area contributed by atoms with Crippen molar-refractivity contribution in [2.45, 2.75) is 32.2 Å². The summed E-state index contributed by atoms with van der Waals surface area (Å²) in [7, 11) is 5.55. The Labute approximate surface area is 157 Å². The first-order valence-electron chi connectivity index (χ1n) is 9.41. The molecule has 0 saturated carbocycles. The Morgan fingerprint density at radius 1 is 1.12 bits per heavy atom. The van der Waals surface area contributed by atoms with Gasteiger partial charge in [-0.2, -0.15) is 0 Å². The van der Waals surface area contributed by atoms with E-state index in [4.69, 9.17) is 0 Å². The van der Waals surface area contributed by atoms with Gasteiger partial charge in [0.25, 0.3) is 5.91 Å². The van der Waals surface area contributed by atoms with Gasteiger partial charge in [-0.3, -0.25) is 9.59 Å². The largest absolute Gasteiger partial charge is 0.342 e. The fourth-order valence-corrected chi connectivity index (χ4v) is 3.25. The molecule has 6 heteroatoms. The average Bonchev–Trinajstić information content (AvgIpc) is 3.13. The lowest BCUT2D eigenvalue weighted by Crippen LogP contribution is -2.35. The Balaban J connectivity index is 1.83. The molecule has 1 fully saturated rings. The van der Waals surface area contributed by atoms with Crippen LogP contribution < -0.4 is 5.32 Å². The molecule has 2 rings (SSSR count). The van der Waals surface area contributed by atoms with Gasteiger partial charge in [0.2, 0.25) is 5.91 Å². The third kappa shape index (κ3) is 6.11. The molecule has 1 atom stereocenters. The second-order valence-corrected chi connectivity index (χ2v) is 7.47. The lowest BCUT2D eigenvalue weighted by molar-refractivity contribution is -0.116. The number of amides is 2. The standard InChI is InChI=1S/C20H32N4O2/c1-16(24-12-5-6-13-24)11-14-23(4)20(26)17-7-9-18(10-8-17)21-19(25)15-22(2)3/h7-10,16H,5-6,11-15H2,1-4H3,(H,21,25). The summed E-state index contributed by atoms with van der Waals surface area (Å²) >= 11 is 0. The molecule has 1 unspecified atom stereocenters. The van der Waals surface area contributed by atoms with Crippen molar-refractivity contribution in [2.24, 2.45) is 0 Å². The van der Waals surface area contributed by atoms with Crippen LogP contribution in [0.1, 0.15) is 36.5 Å². The van der Waals surface area contributed by atoms with Crippen LogP contribution in [0.3, 0.4) is 0 Å². The highest BCUT2D eigenvalue weighted by molar-refractivity contribution is 5.96. The number of likely N-dealkylation sites (N-methyl/N-ethyl adjacent to an activating group) is 1. The van der Waals surface area contributed by atoms with Crippen LogP contribution in [0, 0.1) is 0 Å². The van der Waals surface area contributed by atoms with Crippen molar-refractivity contribution in [1.82, 2.24) is 14.7 Å². The smallest absolute Gasteiger partial charge is 0.253 e. The molecular formula is C20H32N4O2. The maximum absolute atomic E-state index is 12.6. The number of nitrogens with zero attached hydrogens (tertiary/aromatic N) is 3. The molecular weight excluding hydrogens is 328 g/mol. The molecule has 1 saturated heterocycles. The highest BCUT2D eigenvalue weighted by Crippen LogP contribution is 2.15. The van der Waals surface area contributed by atoms with Gasteiger partial charge in [0.1, 0.15) is 0 Å². The van der Waals surface area contributed by atoms with Crippen LogP contribution >= 0.6 is 0 Å². The minimum Gasteiger partial charge on any atom is -0.342 e. The monoisotopic (exact) mass is 360 g/mol. The van der Waals surface area contributed by atoms with Gasteiger partial charge in [0.15, 0.2) is 0 Å². The van der Waals surface area contributed by atoms with E-state index in [9.17, 15) is 9.59 Å². The molecule has 0 aliphatic carbocycles. The summed E-state index contributed by atoms with van der Waals surface area (Å²) in [4.78, 5) is 30.4. The zero-order chi connectivity index (χ0) is 19.1. The van der Waals surface area contributed by atoms with E-state index in [-0.39, 0.29) is 11.8 Å². The van der Waals surface area contributed by atoms with Crippen LogP contribution in [0.15, 0.2) is 24.3 Å². The minimum atomic E-state index is -0.0675. The summed E-state index contributed by atoms with van der Waals surface area (Å²) in [5, 5.41) is 2.83. The highest BCUT2D eigenvalue weighted by Gasteiger charge is 2.19. The number of rotatable bonds is 8. The molecule has 26 heavy (non-hydrogen) atoms. The molecule has 0 aromatic heterocycles. The van der Waals surface area contributed by atoms with Crippen molar-refractivity contribution in [2.75, 3.05) is 52.6 Å². The predicted octanol–water partition coefficient (Wildman–Crippen LogP) is 2.13. The molecule has 0 radical (unpaired) electrons. The van der Waals surface area contributed by atoms with Gasteiger partial charge < -0.3 is 20.0 Å². The van der Waals surface area contributed by atoms with Crippen LogP contribution in [0.25, 0.3) is 0 Å². The quantitative estimate of drug-likeness (QED) is 0.772. The summed E-state index contributed by atoms with van der Waals surface area (Å²) < 4.78 is 0. The number of anilines is 1. The number of benzene rings is 1. The summed E-state index contributed by atoms with van der Waals surface area (Å²) in [6.45, 7) is 5.69. The van der Waals surface area contributed by atoms with Crippen molar-refractivity contribution >= 4 is 17.5 Å². The van der Waals surface area contributed by atoms with Crippen molar-refractivity contribution < 1.29 is 9.59 Å². The topological polar surface area (TPSA) is 55.9 Å². The van der Waals surface area contributed by atoms with E-state index in [0.717, 1.165) is 13.0 Å².